The summed E-state index contributed by atoms with van der Waals surface area (Å²) in [5.41, 5.74) is 1.74. The molecule has 0 fully saturated rings. The van der Waals surface area contributed by atoms with Crippen LogP contribution in [0.15, 0.2) is 53.4 Å². The van der Waals surface area contributed by atoms with Gasteiger partial charge < -0.3 is 15.0 Å². The number of likely N-dealkylation sites (N-methyl/N-ethyl adjacent to an activating group) is 1. The van der Waals surface area contributed by atoms with Gasteiger partial charge in [0.2, 0.25) is 21.8 Å². The average molecular weight is 490 g/mol. The molecule has 9 heteroatoms. The van der Waals surface area contributed by atoms with Crippen LogP contribution in [0.5, 0.6) is 5.75 Å². The molecule has 0 saturated heterocycles. The first-order chi connectivity index (χ1) is 16.0. The molecule has 186 valence electrons. The molecule has 0 spiro atoms. The average Bonchev–Trinajstić information content (AvgIpc) is 2.79. The number of rotatable bonds is 11. The largest absolute Gasteiger partial charge is 0.497 e. The van der Waals surface area contributed by atoms with Gasteiger partial charge in [-0.3, -0.25) is 9.59 Å². The summed E-state index contributed by atoms with van der Waals surface area (Å²) in [5, 5.41) is 2.86. The van der Waals surface area contributed by atoms with Crippen molar-refractivity contribution in [2.24, 2.45) is 0 Å². The molecule has 0 saturated carbocycles. The van der Waals surface area contributed by atoms with E-state index in [1.165, 1.54) is 24.1 Å². The smallest absolute Gasteiger partial charge is 0.243 e. The van der Waals surface area contributed by atoms with E-state index >= 15 is 0 Å². The summed E-state index contributed by atoms with van der Waals surface area (Å²) in [6, 6.07) is 12.8. The van der Waals surface area contributed by atoms with Crippen molar-refractivity contribution in [3.8, 4) is 5.75 Å². The zero-order valence-electron chi connectivity index (χ0n) is 20.7. The predicted octanol–water partition coefficient (Wildman–Crippen LogP) is 2.96. The fourth-order valence-corrected chi connectivity index (χ4v) is 4.60. The van der Waals surface area contributed by atoms with Gasteiger partial charge in [0.25, 0.3) is 0 Å². The molecule has 0 heterocycles. The maximum Gasteiger partial charge on any atom is 0.243 e. The summed E-state index contributed by atoms with van der Waals surface area (Å²) < 4.78 is 32.2. The monoisotopic (exact) mass is 489 g/mol. The number of hydrogen-bond donors (Lipinski definition) is 1. The SMILES string of the molecule is CCC(C(=O)NC(C)C)N(Cc1ccc(OC)cc1)C(=O)CN(C)S(=O)(=O)c1ccc(C)cc1. The van der Waals surface area contributed by atoms with Gasteiger partial charge in [-0.1, -0.05) is 36.8 Å². The van der Waals surface area contributed by atoms with Crippen LogP contribution in [0.2, 0.25) is 0 Å². The van der Waals surface area contributed by atoms with Crippen LogP contribution in [0, 0.1) is 6.92 Å². The second kappa shape index (κ2) is 12.0. The molecule has 0 aliphatic heterocycles. The van der Waals surface area contributed by atoms with Crippen LogP contribution in [-0.2, 0) is 26.2 Å². The van der Waals surface area contributed by atoms with Crippen molar-refractivity contribution < 1.29 is 22.7 Å². The maximum absolute atomic E-state index is 13.4. The Hall–Kier alpha value is -2.91. The molecule has 0 aliphatic rings. The van der Waals surface area contributed by atoms with Crippen molar-refractivity contribution in [1.82, 2.24) is 14.5 Å². The molecule has 2 aromatic carbocycles. The molecule has 1 N–H and O–H groups in total. The minimum absolute atomic E-state index is 0.0934. The number of methoxy groups -OCH3 is 1. The zero-order chi connectivity index (χ0) is 25.5. The fourth-order valence-electron chi connectivity index (χ4n) is 3.48. The van der Waals surface area contributed by atoms with E-state index < -0.39 is 28.5 Å². The van der Waals surface area contributed by atoms with Gasteiger partial charge in [0, 0.05) is 19.6 Å². The molecule has 34 heavy (non-hydrogen) atoms. The molecule has 0 bridgehead atoms. The van der Waals surface area contributed by atoms with Crippen molar-refractivity contribution in [1.29, 1.82) is 0 Å². The van der Waals surface area contributed by atoms with E-state index in [0.717, 1.165) is 15.4 Å². The summed E-state index contributed by atoms with van der Waals surface area (Å²) in [6.45, 7) is 7.16. The van der Waals surface area contributed by atoms with Crippen LogP contribution < -0.4 is 10.1 Å². The summed E-state index contributed by atoms with van der Waals surface area (Å²) in [7, 11) is -0.932. The highest BCUT2D eigenvalue weighted by atomic mass is 32.2. The van der Waals surface area contributed by atoms with Crippen molar-refractivity contribution >= 4 is 21.8 Å². The van der Waals surface area contributed by atoms with Crippen LogP contribution in [0.3, 0.4) is 0 Å². The maximum atomic E-state index is 13.4. The number of ether oxygens (including phenoxy) is 1. The number of carbonyl (C=O) groups is 2. The molecule has 0 aromatic heterocycles. The second-order valence-electron chi connectivity index (χ2n) is 8.53. The van der Waals surface area contributed by atoms with Crippen LogP contribution in [0.25, 0.3) is 0 Å². The van der Waals surface area contributed by atoms with E-state index in [4.69, 9.17) is 4.74 Å². The molecule has 1 unspecified atom stereocenters. The predicted molar refractivity (Wildman–Crippen MR) is 132 cm³/mol. The standard InChI is InChI=1S/C25H35N3O5S/c1-7-23(25(30)26-18(2)3)28(16-20-10-12-21(33-6)13-11-20)24(29)17-27(5)34(31,32)22-14-8-19(4)9-15-22/h8-15,18,23H,7,16-17H2,1-6H3,(H,26,30). The number of carbonyl (C=O) groups excluding carboxylic acids is 2. The molecule has 2 amide bonds. The second-order valence-corrected chi connectivity index (χ2v) is 10.6. The quantitative estimate of drug-likeness (QED) is 0.524. The molecule has 0 aliphatic carbocycles. The fraction of sp³-hybridized carbons (Fsp3) is 0.440. The Bertz CT molecular complexity index is 1070. The molecule has 2 aromatic rings. The summed E-state index contributed by atoms with van der Waals surface area (Å²) >= 11 is 0. The lowest BCUT2D eigenvalue weighted by Gasteiger charge is -2.32. The highest BCUT2D eigenvalue weighted by Crippen LogP contribution is 2.19. The van der Waals surface area contributed by atoms with E-state index in [0.29, 0.717) is 12.2 Å². The number of amides is 2. The van der Waals surface area contributed by atoms with Gasteiger partial charge in [0.15, 0.2) is 0 Å². The zero-order valence-corrected chi connectivity index (χ0v) is 21.6. The lowest BCUT2D eigenvalue weighted by atomic mass is 10.1. The Kier molecular flexibility index (Phi) is 9.64. The third kappa shape index (κ3) is 7.04. The number of nitrogens with one attached hydrogen (secondary N) is 1. The van der Waals surface area contributed by atoms with Gasteiger partial charge in [0.1, 0.15) is 11.8 Å². The molecular formula is C25H35N3O5S. The highest BCUT2D eigenvalue weighted by Gasteiger charge is 2.32. The van der Waals surface area contributed by atoms with Gasteiger partial charge in [-0.15, -0.1) is 0 Å². The Labute approximate surface area is 202 Å². The summed E-state index contributed by atoms with van der Waals surface area (Å²) in [5.74, 6) is -0.0571. The Balaban J connectivity index is 2.32. The number of sulfonamides is 1. The van der Waals surface area contributed by atoms with Crippen molar-refractivity contribution in [3.05, 3.63) is 59.7 Å². The summed E-state index contributed by atoms with van der Waals surface area (Å²) in [6.07, 6.45) is 0.384. The van der Waals surface area contributed by atoms with E-state index in [-0.39, 0.29) is 23.4 Å². The minimum Gasteiger partial charge on any atom is -0.497 e. The number of aryl methyl sites for hydroxylation is 1. The minimum atomic E-state index is -3.87. The van der Waals surface area contributed by atoms with Gasteiger partial charge >= 0.3 is 0 Å². The van der Waals surface area contributed by atoms with Crippen LogP contribution >= 0.6 is 0 Å². The van der Waals surface area contributed by atoms with Gasteiger partial charge in [-0.25, -0.2) is 8.42 Å². The van der Waals surface area contributed by atoms with Gasteiger partial charge in [-0.2, -0.15) is 4.31 Å². The van der Waals surface area contributed by atoms with Crippen molar-refractivity contribution in [3.63, 3.8) is 0 Å². The third-order valence-electron chi connectivity index (χ3n) is 5.42. The van der Waals surface area contributed by atoms with E-state index in [2.05, 4.69) is 5.32 Å². The molecule has 0 radical (unpaired) electrons. The first-order valence-corrected chi connectivity index (χ1v) is 12.7. The Morgan fingerprint density at radius 1 is 1.03 bits per heavy atom. The Morgan fingerprint density at radius 2 is 1.62 bits per heavy atom. The summed E-state index contributed by atoms with van der Waals surface area (Å²) in [4.78, 5) is 27.9. The van der Waals surface area contributed by atoms with Crippen LogP contribution in [0.4, 0.5) is 0 Å². The first-order valence-electron chi connectivity index (χ1n) is 11.2. The van der Waals surface area contributed by atoms with Crippen LogP contribution in [0.1, 0.15) is 38.3 Å². The van der Waals surface area contributed by atoms with Gasteiger partial charge in [-0.05, 0) is 57.0 Å². The highest BCUT2D eigenvalue weighted by molar-refractivity contribution is 7.89. The number of benzene rings is 2. The Morgan fingerprint density at radius 3 is 2.12 bits per heavy atom. The lowest BCUT2D eigenvalue weighted by Crippen LogP contribution is -2.52. The van der Waals surface area contributed by atoms with E-state index in [1.54, 1.807) is 31.4 Å². The molecular weight excluding hydrogens is 454 g/mol. The first kappa shape index (κ1) is 27.3. The normalized spacial score (nSPS) is 12.5. The van der Waals surface area contributed by atoms with E-state index in [9.17, 15) is 18.0 Å². The lowest BCUT2D eigenvalue weighted by molar-refractivity contribution is -0.141. The van der Waals surface area contributed by atoms with Crippen molar-refractivity contribution in [2.75, 3.05) is 20.7 Å². The molecule has 1 atom stereocenters. The van der Waals surface area contributed by atoms with Crippen molar-refractivity contribution in [2.45, 2.75) is 57.6 Å². The topological polar surface area (TPSA) is 96.0 Å². The third-order valence-corrected chi connectivity index (χ3v) is 7.23. The van der Waals surface area contributed by atoms with Gasteiger partial charge in [0.05, 0.1) is 18.6 Å². The number of hydrogen-bond acceptors (Lipinski definition) is 5. The number of nitrogens with zero attached hydrogens (tertiary/aromatic N) is 2. The van der Waals surface area contributed by atoms with Crippen LogP contribution in [-0.4, -0.2) is 62.2 Å². The molecule has 2 rings (SSSR count). The molecule has 8 nitrogen and oxygen atoms in total. The van der Waals surface area contributed by atoms with E-state index in [1.807, 2.05) is 39.8 Å².